The Morgan fingerprint density at radius 3 is 1.58 bits per heavy atom. The average Bonchev–Trinajstić information content (AvgIpc) is 2.39. The Kier molecular flexibility index (Phi) is 13.3. The van der Waals surface area contributed by atoms with Crippen LogP contribution in [0.15, 0.2) is 24.3 Å². The second kappa shape index (κ2) is 13.8. The quantitative estimate of drug-likeness (QED) is 0.423. The van der Waals surface area contributed by atoms with Gasteiger partial charge in [-0.25, -0.2) is 0 Å². The molecule has 2 N–H and O–H groups in total. The zero-order valence-corrected chi connectivity index (χ0v) is 12.4. The lowest BCUT2D eigenvalue weighted by molar-refractivity contribution is 0.0539. The summed E-state index contributed by atoms with van der Waals surface area (Å²) in [6, 6.07) is 0. The molecule has 112 valence electrons. The maximum Gasteiger partial charge on any atom is 0.0565 e. The molecule has 0 aromatic carbocycles. The third kappa shape index (κ3) is 13.6. The van der Waals surface area contributed by atoms with Crippen molar-refractivity contribution in [2.45, 2.75) is 64.6 Å². The number of hydrogen-bond acceptors (Lipinski definition) is 3. The van der Waals surface area contributed by atoms with Gasteiger partial charge in [0.1, 0.15) is 0 Å². The maximum absolute atomic E-state index is 9.66. The zero-order chi connectivity index (χ0) is 14.3. The lowest BCUT2D eigenvalue weighted by Crippen LogP contribution is -2.13. The highest BCUT2D eigenvalue weighted by molar-refractivity contribution is 4.78. The molecule has 0 aliphatic carbocycles. The molecule has 0 spiro atoms. The monoisotopic (exact) mass is 270 g/mol. The second-order valence-corrected chi connectivity index (χ2v) is 4.79. The van der Waals surface area contributed by atoms with Gasteiger partial charge in [-0.3, -0.25) is 0 Å². The molecule has 0 aliphatic rings. The lowest BCUT2D eigenvalue weighted by Gasteiger charge is -2.11. The summed E-state index contributed by atoms with van der Waals surface area (Å²) >= 11 is 0. The van der Waals surface area contributed by atoms with Crippen molar-refractivity contribution in [3.63, 3.8) is 0 Å². The molecule has 0 saturated carbocycles. The van der Waals surface area contributed by atoms with Crippen LogP contribution in [0.5, 0.6) is 0 Å². The summed E-state index contributed by atoms with van der Waals surface area (Å²) in [4.78, 5) is 0. The molecule has 0 saturated heterocycles. The van der Waals surface area contributed by atoms with Crippen molar-refractivity contribution in [3.05, 3.63) is 24.3 Å². The number of rotatable bonds is 12. The van der Waals surface area contributed by atoms with Gasteiger partial charge in [0.2, 0.25) is 0 Å². The summed E-state index contributed by atoms with van der Waals surface area (Å²) in [5.41, 5.74) is 0. The molecule has 0 aliphatic heterocycles. The van der Waals surface area contributed by atoms with Gasteiger partial charge < -0.3 is 14.9 Å². The third-order valence-corrected chi connectivity index (χ3v) is 3.00. The van der Waals surface area contributed by atoms with Crippen LogP contribution >= 0.6 is 0 Å². The molecule has 2 atom stereocenters. The van der Waals surface area contributed by atoms with Crippen molar-refractivity contribution in [2.24, 2.45) is 0 Å². The second-order valence-electron chi connectivity index (χ2n) is 4.79. The van der Waals surface area contributed by atoms with Gasteiger partial charge in [0.15, 0.2) is 0 Å². The first-order chi connectivity index (χ1) is 9.20. The normalized spacial score (nSPS) is 15.4. The number of ether oxygens (including phenoxy) is 1. The van der Waals surface area contributed by atoms with Crippen molar-refractivity contribution in [1.82, 2.24) is 0 Å². The molecular formula is C16H30O3. The van der Waals surface area contributed by atoms with Crippen LogP contribution in [0.25, 0.3) is 0 Å². The number of allylic oxidation sites excluding steroid dienone is 4. The minimum atomic E-state index is -0.282. The van der Waals surface area contributed by atoms with E-state index in [1.54, 1.807) is 0 Å². The summed E-state index contributed by atoms with van der Waals surface area (Å²) in [6.45, 7) is 5.10. The van der Waals surface area contributed by atoms with Gasteiger partial charge in [-0.05, 0) is 52.4 Å². The highest BCUT2D eigenvalue weighted by atomic mass is 16.5. The summed E-state index contributed by atoms with van der Waals surface area (Å²) in [6.07, 6.45) is 12.3. The standard InChI is InChI=1S/C16H30O3/c1-3-5-7-9-15(17)11-13-19-14-12-16(18)10-8-6-4-2/h3-6,15-18H,7-14H2,1-2H3. The van der Waals surface area contributed by atoms with E-state index in [1.165, 1.54) is 0 Å². The molecule has 0 heterocycles. The van der Waals surface area contributed by atoms with E-state index in [1.807, 2.05) is 26.0 Å². The summed E-state index contributed by atoms with van der Waals surface area (Å²) in [7, 11) is 0. The fourth-order valence-corrected chi connectivity index (χ4v) is 1.74. The predicted octanol–water partition coefficient (Wildman–Crippen LogP) is 3.22. The van der Waals surface area contributed by atoms with Crippen molar-refractivity contribution < 1.29 is 14.9 Å². The Balaban J connectivity index is 3.33. The zero-order valence-electron chi connectivity index (χ0n) is 12.4. The first-order valence-electron chi connectivity index (χ1n) is 7.36. The van der Waals surface area contributed by atoms with Crippen LogP contribution in [0.4, 0.5) is 0 Å². The van der Waals surface area contributed by atoms with E-state index in [9.17, 15) is 10.2 Å². The highest BCUT2D eigenvalue weighted by Gasteiger charge is 2.05. The Morgan fingerprint density at radius 2 is 1.21 bits per heavy atom. The largest absolute Gasteiger partial charge is 0.393 e. The van der Waals surface area contributed by atoms with E-state index >= 15 is 0 Å². The topological polar surface area (TPSA) is 49.7 Å². The van der Waals surface area contributed by atoms with Gasteiger partial charge in [-0.15, -0.1) is 0 Å². The Labute approximate surface area is 118 Å². The molecule has 0 radical (unpaired) electrons. The van der Waals surface area contributed by atoms with Crippen molar-refractivity contribution in [2.75, 3.05) is 13.2 Å². The molecule has 0 aromatic rings. The van der Waals surface area contributed by atoms with Crippen LogP contribution < -0.4 is 0 Å². The van der Waals surface area contributed by atoms with Crippen molar-refractivity contribution in [3.8, 4) is 0 Å². The van der Waals surface area contributed by atoms with E-state index in [2.05, 4.69) is 12.2 Å². The minimum Gasteiger partial charge on any atom is -0.393 e. The molecular weight excluding hydrogens is 240 g/mol. The fraction of sp³-hybridized carbons (Fsp3) is 0.750. The van der Waals surface area contributed by atoms with Gasteiger partial charge in [0.05, 0.1) is 12.2 Å². The van der Waals surface area contributed by atoms with Gasteiger partial charge in [-0.1, -0.05) is 24.3 Å². The van der Waals surface area contributed by atoms with E-state index in [0.29, 0.717) is 26.1 Å². The van der Waals surface area contributed by atoms with E-state index < -0.39 is 0 Å². The predicted molar refractivity (Wildman–Crippen MR) is 80.2 cm³/mol. The Bertz CT molecular complexity index is 212. The summed E-state index contributed by atoms with van der Waals surface area (Å²) in [5.74, 6) is 0. The Hall–Kier alpha value is -0.640. The minimum absolute atomic E-state index is 0.282. The molecule has 0 bridgehead atoms. The maximum atomic E-state index is 9.66. The van der Waals surface area contributed by atoms with Crippen molar-refractivity contribution in [1.29, 1.82) is 0 Å². The smallest absolute Gasteiger partial charge is 0.0565 e. The molecule has 3 heteroatoms. The van der Waals surface area contributed by atoms with E-state index in [0.717, 1.165) is 25.7 Å². The highest BCUT2D eigenvalue weighted by Crippen LogP contribution is 2.05. The van der Waals surface area contributed by atoms with Crippen LogP contribution in [0.3, 0.4) is 0 Å². The average molecular weight is 270 g/mol. The van der Waals surface area contributed by atoms with Gasteiger partial charge >= 0.3 is 0 Å². The Morgan fingerprint density at radius 1 is 0.789 bits per heavy atom. The lowest BCUT2D eigenvalue weighted by atomic mass is 10.1. The van der Waals surface area contributed by atoms with E-state index in [4.69, 9.17) is 4.74 Å². The molecule has 0 fully saturated rings. The van der Waals surface area contributed by atoms with Crippen LogP contribution in [0, 0.1) is 0 Å². The first-order valence-corrected chi connectivity index (χ1v) is 7.36. The van der Waals surface area contributed by atoms with Crippen LogP contribution in [-0.4, -0.2) is 35.6 Å². The molecule has 2 unspecified atom stereocenters. The third-order valence-electron chi connectivity index (χ3n) is 3.00. The van der Waals surface area contributed by atoms with E-state index in [-0.39, 0.29) is 12.2 Å². The van der Waals surface area contributed by atoms with Crippen LogP contribution in [-0.2, 0) is 4.74 Å². The molecule has 0 aromatic heterocycles. The van der Waals surface area contributed by atoms with Gasteiger partial charge in [0, 0.05) is 13.2 Å². The number of hydrogen-bond donors (Lipinski definition) is 2. The SMILES string of the molecule is CC=CCCC(O)CCOCCC(O)CCC=CC. The summed E-state index contributed by atoms with van der Waals surface area (Å²) < 4.78 is 5.43. The van der Waals surface area contributed by atoms with Crippen molar-refractivity contribution >= 4 is 0 Å². The summed E-state index contributed by atoms with van der Waals surface area (Å²) in [5, 5.41) is 19.3. The van der Waals surface area contributed by atoms with Gasteiger partial charge in [-0.2, -0.15) is 0 Å². The number of aliphatic hydroxyl groups excluding tert-OH is 2. The molecule has 19 heavy (non-hydrogen) atoms. The molecule has 3 nitrogen and oxygen atoms in total. The van der Waals surface area contributed by atoms with Crippen LogP contribution in [0.1, 0.15) is 52.4 Å². The number of aliphatic hydroxyl groups is 2. The molecule has 0 amide bonds. The fourth-order valence-electron chi connectivity index (χ4n) is 1.74. The van der Waals surface area contributed by atoms with Crippen LogP contribution in [0.2, 0.25) is 0 Å². The van der Waals surface area contributed by atoms with Gasteiger partial charge in [0.25, 0.3) is 0 Å². The molecule has 0 rings (SSSR count). The first kappa shape index (κ1) is 18.4.